The Morgan fingerprint density at radius 3 is 2.23 bits per heavy atom. The average Bonchev–Trinajstić information content (AvgIpc) is 2.76. The van der Waals surface area contributed by atoms with E-state index in [2.05, 4.69) is 29.4 Å². The second-order valence-corrected chi connectivity index (χ2v) is 6.92. The third-order valence-corrected chi connectivity index (χ3v) is 4.75. The summed E-state index contributed by atoms with van der Waals surface area (Å²) >= 11 is 0. The second-order valence-electron chi connectivity index (χ2n) is 6.92. The second kappa shape index (κ2) is 11.8. The van der Waals surface area contributed by atoms with Gasteiger partial charge in [-0.25, -0.2) is 0 Å². The minimum absolute atomic E-state index is 0.129. The van der Waals surface area contributed by atoms with Crippen molar-refractivity contribution >= 4 is 23.2 Å². The third-order valence-electron chi connectivity index (χ3n) is 4.75. The molecule has 0 bridgehead atoms. The summed E-state index contributed by atoms with van der Waals surface area (Å²) in [4.78, 5) is 27.0. The van der Waals surface area contributed by atoms with E-state index < -0.39 is 0 Å². The van der Waals surface area contributed by atoms with E-state index in [-0.39, 0.29) is 11.8 Å². The number of ether oxygens (including phenoxy) is 1. The molecule has 2 aromatic rings. The molecule has 7 nitrogen and oxygen atoms in total. The summed E-state index contributed by atoms with van der Waals surface area (Å²) in [6, 6.07) is 11.8. The molecule has 0 saturated heterocycles. The molecule has 0 aliphatic heterocycles. The molecule has 0 aliphatic carbocycles. The number of nitrogens with one attached hydrogen (secondary N) is 2. The largest absolute Gasteiger partial charge is 0.491 e. The van der Waals surface area contributed by atoms with Gasteiger partial charge in [0.25, 0.3) is 11.8 Å². The van der Waals surface area contributed by atoms with Crippen molar-refractivity contribution in [3.8, 4) is 5.75 Å². The summed E-state index contributed by atoms with van der Waals surface area (Å²) < 4.78 is 5.53. The smallest absolute Gasteiger partial charge is 0.255 e. The number of anilines is 2. The van der Waals surface area contributed by atoms with Crippen LogP contribution in [0.5, 0.6) is 5.75 Å². The number of amides is 2. The molecule has 0 unspecified atom stereocenters. The van der Waals surface area contributed by atoms with Crippen molar-refractivity contribution in [2.75, 3.05) is 43.8 Å². The van der Waals surface area contributed by atoms with Gasteiger partial charge in [-0.05, 0) is 62.0 Å². The lowest BCUT2D eigenvalue weighted by Crippen LogP contribution is -2.34. The summed E-state index contributed by atoms with van der Waals surface area (Å²) in [7, 11) is 0. The van der Waals surface area contributed by atoms with E-state index in [0.29, 0.717) is 41.4 Å². The zero-order chi connectivity index (χ0) is 21.9. The number of carbonyl (C=O) groups excluding carboxylic acids is 2. The molecule has 0 spiro atoms. The zero-order valence-electron chi connectivity index (χ0n) is 18.0. The van der Waals surface area contributed by atoms with Crippen molar-refractivity contribution in [3.05, 3.63) is 53.6 Å². The van der Waals surface area contributed by atoms with E-state index in [1.165, 1.54) is 0 Å². The lowest BCUT2D eigenvalue weighted by atomic mass is 10.1. The van der Waals surface area contributed by atoms with E-state index in [1.54, 1.807) is 42.5 Å². The molecule has 0 aromatic heterocycles. The number of hydrogen-bond acceptors (Lipinski definition) is 5. The molecule has 0 saturated carbocycles. The Morgan fingerprint density at radius 1 is 0.967 bits per heavy atom. The van der Waals surface area contributed by atoms with Gasteiger partial charge < -0.3 is 26.0 Å². The molecular formula is C23H32N4O3. The molecule has 0 atom stereocenters. The Bertz CT molecular complexity index is 833. The highest BCUT2D eigenvalue weighted by molar-refractivity contribution is 6.05. The maximum atomic E-state index is 12.5. The van der Waals surface area contributed by atoms with Gasteiger partial charge in [0.2, 0.25) is 0 Å². The van der Waals surface area contributed by atoms with Crippen LogP contribution in [0.2, 0.25) is 0 Å². The number of benzene rings is 2. The van der Waals surface area contributed by atoms with Gasteiger partial charge >= 0.3 is 0 Å². The van der Waals surface area contributed by atoms with E-state index in [9.17, 15) is 9.59 Å². The number of nitrogens with zero attached hydrogens (tertiary/aromatic N) is 1. The summed E-state index contributed by atoms with van der Waals surface area (Å²) in [5.74, 6) is 0.167. The Hall–Kier alpha value is -3.06. The van der Waals surface area contributed by atoms with Crippen LogP contribution in [0.4, 0.5) is 11.4 Å². The number of carbonyl (C=O) groups is 2. The summed E-state index contributed by atoms with van der Waals surface area (Å²) in [6.45, 7) is 10.1. The SMILES string of the molecule is CCCOc1ccc(C(=O)Nc2ccc(C(=O)NCCN(CC)CC)cc2)cc1N. The number of nitrogens with two attached hydrogens (primary N) is 1. The number of rotatable bonds is 11. The molecule has 2 rings (SSSR count). The monoisotopic (exact) mass is 412 g/mol. The highest BCUT2D eigenvalue weighted by Gasteiger charge is 2.11. The fourth-order valence-electron chi connectivity index (χ4n) is 2.91. The molecule has 0 fully saturated rings. The topological polar surface area (TPSA) is 96.7 Å². The van der Waals surface area contributed by atoms with Crippen LogP contribution in [0.25, 0.3) is 0 Å². The van der Waals surface area contributed by atoms with Crippen molar-refractivity contribution in [2.24, 2.45) is 0 Å². The van der Waals surface area contributed by atoms with Crippen molar-refractivity contribution in [3.63, 3.8) is 0 Å². The lowest BCUT2D eigenvalue weighted by molar-refractivity contribution is 0.0948. The van der Waals surface area contributed by atoms with Crippen LogP contribution < -0.4 is 21.1 Å². The first-order valence-corrected chi connectivity index (χ1v) is 10.4. The highest BCUT2D eigenvalue weighted by atomic mass is 16.5. The maximum absolute atomic E-state index is 12.5. The number of nitrogen functional groups attached to an aromatic ring is 1. The molecule has 2 amide bonds. The van der Waals surface area contributed by atoms with Crippen LogP contribution in [0.15, 0.2) is 42.5 Å². The van der Waals surface area contributed by atoms with Gasteiger partial charge in [-0.3, -0.25) is 9.59 Å². The van der Waals surface area contributed by atoms with Crippen LogP contribution in [0.1, 0.15) is 47.9 Å². The van der Waals surface area contributed by atoms with Crippen molar-refractivity contribution in [1.29, 1.82) is 0 Å². The van der Waals surface area contributed by atoms with Gasteiger partial charge in [0, 0.05) is 29.9 Å². The normalized spacial score (nSPS) is 10.7. The van der Waals surface area contributed by atoms with E-state index >= 15 is 0 Å². The molecule has 0 radical (unpaired) electrons. The number of likely N-dealkylation sites (N-methyl/N-ethyl adjacent to an activating group) is 1. The van der Waals surface area contributed by atoms with Gasteiger partial charge in [-0.1, -0.05) is 20.8 Å². The summed E-state index contributed by atoms with van der Waals surface area (Å²) in [5, 5.41) is 5.73. The highest BCUT2D eigenvalue weighted by Crippen LogP contribution is 2.23. The molecule has 7 heteroatoms. The third kappa shape index (κ3) is 6.77. The lowest BCUT2D eigenvalue weighted by Gasteiger charge is -2.18. The molecule has 2 aromatic carbocycles. The van der Waals surface area contributed by atoms with Crippen LogP contribution in [-0.2, 0) is 0 Å². The molecule has 162 valence electrons. The quantitative estimate of drug-likeness (QED) is 0.492. The van der Waals surface area contributed by atoms with Crippen LogP contribution in [0.3, 0.4) is 0 Å². The first-order chi connectivity index (χ1) is 14.5. The molecule has 0 heterocycles. The summed E-state index contributed by atoms with van der Waals surface area (Å²) in [6.07, 6.45) is 0.881. The van der Waals surface area contributed by atoms with E-state index in [0.717, 1.165) is 26.1 Å². The Balaban J connectivity index is 1.91. The van der Waals surface area contributed by atoms with Gasteiger partial charge in [0.1, 0.15) is 5.75 Å². The molecular weight excluding hydrogens is 380 g/mol. The fourth-order valence-corrected chi connectivity index (χ4v) is 2.91. The van der Waals surface area contributed by atoms with Gasteiger partial charge in [0.15, 0.2) is 0 Å². The minimum atomic E-state index is -0.278. The van der Waals surface area contributed by atoms with Gasteiger partial charge in [-0.15, -0.1) is 0 Å². The average molecular weight is 413 g/mol. The fraction of sp³-hybridized carbons (Fsp3) is 0.391. The first kappa shape index (κ1) is 23.2. The Labute approximate surface area is 178 Å². The van der Waals surface area contributed by atoms with Crippen molar-refractivity contribution in [2.45, 2.75) is 27.2 Å². The predicted octanol–water partition coefficient (Wildman–Crippen LogP) is 3.38. The predicted molar refractivity (Wildman–Crippen MR) is 121 cm³/mol. The van der Waals surface area contributed by atoms with Crippen molar-refractivity contribution in [1.82, 2.24) is 10.2 Å². The Morgan fingerprint density at radius 2 is 1.63 bits per heavy atom. The standard InChI is InChI=1S/C23H32N4O3/c1-4-15-30-21-12-9-18(16-20(21)24)23(29)26-19-10-7-17(8-11-19)22(28)25-13-14-27(5-2)6-3/h7-12,16H,4-6,13-15,24H2,1-3H3,(H,25,28)(H,26,29). The molecule has 0 aliphatic rings. The van der Waals surface area contributed by atoms with Crippen LogP contribution in [-0.4, -0.2) is 49.5 Å². The summed E-state index contributed by atoms with van der Waals surface area (Å²) in [5.41, 5.74) is 7.99. The number of hydrogen-bond donors (Lipinski definition) is 3. The van der Waals surface area contributed by atoms with Crippen molar-refractivity contribution < 1.29 is 14.3 Å². The van der Waals surface area contributed by atoms with Gasteiger partial charge in [-0.2, -0.15) is 0 Å². The van der Waals surface area contributed by atoms with Crippen LogP contribution in [0, 0.1) is 0 Å². The first-order valence-electron chi connectivity index (χ1n) is 10.4. The van der Waals surface area contributed by atoms with Crippen LogP contribution >= 0.6 is 0 Å². The minimum Gasteiger partial charge on any atom is -0.491 e. The van der Waals surface area contributed by atoms with Gasteiger partial charge in [0.05, 0.1) is 12.3 Å². The molecule has 4 N–H and O–H groups in total. The Kier molecular flexibility index (Phi) is 9.15. The maximum Gasteiger partial charge on any atom is 0.255 e. The molecule has 30 heavy (non-hydrogen) atoms. The zero-order valence-corrected chi connectivity index (χ0v) is 18.0. The van der Waals surface area contributed by atoms with E-state index in [4.69, 9.17) is 10.5 Å². The van der Waals surface area contributed by atoms with E-state index in [1.807, 2.05) is 6.92 Å².